The van der Waals surface area contributed by atoms with Crippen molar-refractivity contribution < 1.29 is 4.79 Å². The van der Waals surface area contributed by atoms with Gasteiger partial charge in [0, 0.05) is 25.7 Å². The molecule has 86 valence electrons. The Morgan fingerprint density at radius 1 is 1.53 bits per heavy atom. The van der Waals surface area contributed by atoms with Crippen molar-refractivity contribution in [2.24, 2.45) is 5.92 Å². The molecule has 2 saturated heterocycles. The smallest absolute Gasteiger partial charge is 0.225 e. The lowest BCUT2D eigenvalue weighted by Crippen LogP contribution is -2.55. The number of nitrogens with zero attached hydrogens (tertiary/aromatic N) is 1. The molecule has 4 nitrogen and oxygen atoms in total. The van der Waals surface area contributed by atoms with Crippen molar-refractivity contribution in [1.29, 1.82) is 0 Å². The molecule has 2 fully saturated rings. The number of hydrogen-bond acceptors (Lipinski definition) is 3. The van der Waals surface area contributed by atoms with E-state index in [0.29, 0.717) is 6.04 Å². The van der Waals surface area contributed by atoms with Crippen LogP contribution in [0.1, 0.15) is 19.8 Å². The molecule has 0 aliphatic carbocycles. The van der Waals surface area contributed by atoms with Crippen molar-refractivity contribution in [2.75, 3.05) is 32.7 Å². The number of amides is 1. The summed E-state index contributed by atoms with van der Waals surface area (Å²) >= 11 is 0. The van der Waals surface area contributed by atoms with Crippen molar-refractivity contribution >= 4 is 5.91 Å². The number of piperidine rings is 1. The van der Waals surface area contributed by atoms with E-state index in [1.165, 1.54) is 13.0 Å². The third-order valence-electron chi connectivity index (χ3n) is 3.45. The van der Waals surface area contributed by atoms with E-state index in [0.717, 1.165) is 32.6 Å². The van der Waals surface area contributed by atoms with Gasteiger partial charge in [-0.15, -0.1) is 0 Å². The fraction of sp³-hybridized carbons (Fsp3) is 0.909. The van der Waals surface area contributed by atoms with E-state index in [1.54, 1.807) is 0 Å². The topological polar surface area (TPSA) is 44.4 Å². The molecule has 2 aliphatic rings. The fourth-order valence-corrected chi connectivity index (χ4v) is 2.25. The molecular weight excluding hydrogens is 190 g/mol. The van der Waals surface area contributed by atoms with Gasteiger partial charge in [-0.1, -0.05) is 6.92 Å². The molecule has 0 aromatic rings. The second-order valence-electron chi connectivity index (χ2n) is 4.60. The van der Waals surface area contributed by atoms with Crippen LogP contribution in [0.4, 0.5) is 0 Å². The quantitative estimate of drug-likeness (QED) is 0.680. The van der Waals surface area contributed by atoms with E-state index in [9.17, 15) is 4.79 Å². The summed E-state index contributed by atoms with van der Waals surface area (Å²) < 4.78 is 0. The number of carbonyl (C=O) groups excluding carboxylic acids is 1. The summed E-state index contributed by atoms with van der Waals surface area (Å²) in [5.41, 5.74) is 0. The van der Waals surface area contributed by atoms with Crippen molar-refractivity contribution in [1.82, 2.24) is 15.5 Å². The number of nitrogens with one attached hydrogen (secondary N) is 2. The number of carbonyl (C=O) groups is 1. The highest BCUT2D eigenvalue weighted by molar-refractivity contribution is 5.80. The average molecular weight is 211 g/mol. The molecule has 2 heterocycles. The van der Waals surface area contributed by atoms with Crippen molar-refractivity contribution in [3.8, 4) is 0 Å². The van der Waals surface area contributed by atoms with Crippen molar-refractivity contribution in [3.05, 3.63) is 0 Å². The Kier molecular flexibility index (Phi) is 3.59. The van der Waals surface area contributed by atoms with Gasteiger partial charge >= 0.3 is 0 Å². The molecule has 4 heteroatoms. The van der Waals surface area contributed by atoms with Crippen LogP contribution in [0.2, 0.25) is 0 Å². The monoisotopic (exact) mass is 211 g/mol. The van der Waals surface area contributed by atoms with E-state index >= 15 is 0 Å². The molecule has 2 aliphatic heterocycles. The first-order valence-corrected chi connectivity index (χ1v) is 6.03. The molecule has 0 spiro atoms. The first kappa shape index (κ1) is 10.9. The Bertz CT molecular complexity index is 228. The lowest BCUT2D eigenvalue weighted by atomic mass is 10.00. The summed E-state index contributed by atoms with van der Waals surface area (Å²) in [4.78, 5) is 14.1. The van der Waals surface area contributed by atoms with Crippen LogP contribution in [0.5, 0.6) is 0 Å². The van der Waals surface area contributed by atoms with Crippen molar-refractivity contribution in [3.63, 3.8) is 0 Å². The van der Waals surface area contributed by atoms with Gasteiger partial charge in [-0.2, -0.15) is 0 Å². The van der Waals surface area contributed by atoms with E-state index in [2.05, 4.69) is 22.5 Å². The third-order valence-corrected chi connectivity index (χ3v) is 3.45. The Balaban J connectivity index is 1.75. The zero-order chi connectivity index (χ0) is 10.7. The first-order chi connectivity index (χ1) is 7.29. The molecule has 1 unspecified atom stereocenters. The highest BCUT2D eigenvalue weighted by atomic mass is 16.2. The molecule has 0 bridgehead atoms. The lowest BCUT2D eigenvalue weighted by molar-refractivity contribution is -0.127. The minimum atomic E-state index is 0.224. The van der Waals surface area contributed by atoms with E-state index in [-0.39, 0.29) is 11.8 Å². The number of hydrogen-bond donors (Lipinski definition) is 2. The number of likely N-dealkylation sites (N-methyl/N-ethyl adjacent to an activating group) is 1. The predicted octanol–water partition coefficient (Wildman–Crippen LogP) is -0.194. The standard InChI is InChI=1S/C11H21N3O/c1-2-14-5-3-4-10(8-14)13-11(15)9-6-12-7-9/h9-10,12H,2-8H2,1H3,(H,13,15). The van der Waals surface area contributed by atoms with Crippen LogP contribution in [0.25, 0.3) is 0 Å². The summed E-state index contributed by atoms with van der Waals surface area (Å²) in [6.45, 7) is 7.21. The summed E-state index contributed by atoms with van der Waals surface area (Å²) in [5.74, 6) is 0.471. The lowest BCUT2D eigenvalue weighted by Gasteiger charge is -2.34. The van der Waals surface area contributed by atoms with Crippen molar-refractivity contribution in [2.45, 2.75) is 25.8 Å². The van der Waals surface area contributed by atoms with Gasteiger partial charge in [0.05, 0.1) is 5.92 Å². The van der Waals surface area contributed by atoms with Crippen LogP contribution in [0.15, 0.2) is 0 Å². The SMILES string of the molecule is CCN1CCCC(NC(=O)C2CNC2)C1. The van der Waals surface area contributed by atoms with E-state index in [1.807, 2.05) is 0 Å². The van der Waals surface area contributed by atoms with Gasteiger partial charge in [-0.25, -0.2) is 0 Å². The van der Waals surface area contributed by atoms with Gasteiger partial charge in [-0.05, 0) is 25.9 Å². The molecule has 15 heavy (non-hydrogen) atoms. The minimum absolute atomic E-state index is 0.224. The predicted molar refractivity (Wildman–Crippen MR) is 59.6 cm³/mol. The minimum Gasteiger partial charge on any atom is -0.352 e. The molecule has 0 aromatic carbocycles. The molecule has 2 N–H and O–H groups in total. The van der Waals surface area contributed by atoms with Crippen LogP contribution in [-0.4, -0.2) is 49.6 Å². The second kappa shape index (κ2) is 4.94. The molecule has 1 amide bonds. The maximum Gasteiger partial charge on any atom is 0.225 e. The third kappa shape index (κ3) is 2.69. The zero-order valence-electron chi connectivity index (χ0n) is 9.46. The van der Waals surface area contributed by atoms with Crippen LogP contribution < -0.4 is 10.6 Å². The Morgan fingerprint density at radius 2 is 2.33 bits per heavy atom. The van der Waals surface area contributed by atoms with Gasteiger partial charge in [0.1, 0.15) is 0 Å². The zero-order valence-corrected chi connectivity index (χ0v) is 9.46. The van der Waals surface area contributed by atoms with Gasteiger partial charge in [0.15, 0.2) is 0 Å². The fourth-order valence-electron chi connectivity index (χ4n) is 2.25. The summed E-state index contributed by atoms with van der Waals surface area (Å²) in [6, 6.07) is 0.381. The summed E-state index contributed by atoms with van der Waals surface area (Å²) in [5, 5.41) is 6.29. The maximum absolute atomic E-state index is 11.7. The van der Waals surface area contributed by atoms with Crippen LogP contribution in [-0.2, 0) is 4.79 Å². The van der Waals surface area contributed by atoms with Crippen LogP contribution in [0.3, 0.4) is 0 Å². The Morgan fingerprint density at radius 3 is 2.93 bits per heavy atom. The Hall–Kier alpha value is -0.610. The summed E-state index contributed by atoms with van der Waals surface area (Å²) in [7, 11) is 0. The van der Waals surface area contributed by atoms with E-state index in [4.69, 9.17) is 0 Å². The second-order valence-corrected chi connectivity index (χ2v) is 4.60. The number of likely N-dealkylation sites (tertiary alicyclic amines) is 1. The highest BCUT2D eigenvalue weighted by Crippen LogP contribution is 2.11. The molecule has 0 saturated carbocycles. The largest absolute Gasteiger partial charge is 0.352 e. The van der Waals surface area contributed by atoms with Gasteiger partial charge in [0.25, 0.3) is 0 Å². The summed E-state index contributed by atoms with van der Waals surface area (Å²) in [6.07, 6.45) is 2.35. The molecule has 0 radical (unpaired) electrons. The highest BCUT2D eigenvalue weighted by Gasteiger charge is 2.28. The maximum atomic E-state index is 11.7. The van der Waals surface area contributed by atoms with Crippen LogP contribution >= 0.6 is 0 Å². The average Bonchev–Trinajstić information content (AvgIpc) is 2.15. The van der Waals surface area contributed by atoms with Gasteiger partial charge in [0.2, 0.25) is 5.91 Å². The van der Waals surface area contributed by atoms with Crippen LogP contribution in [0, 0.1) is 5.92 Å². The Labute approximate surface area is 91.4 Å². The first-order valence-electron chi connectivity index (χ1n) is 6.03. The normalized spacial score (nSPS) is 28.5. The van der Waals surface area contributed by atoms with Gasteiger partial charge < -0.3 is 15.5 Å². The molecular formula is C11H21N3O. The molecule has 1 atom stereocenters. The molecule has 0 aromatic heterocycles. The van der Waals surface area contributed by atoms with E-state index < -0.39 is 0 Å². The number of rotatable bonds is 3. The van der Waals surface area contributed by atoms with Gasteiger partial charge in [-0.3, -0.25) is 4.79 Å². The molecule has 2 rings (SSSR count).